The molecule has 20 heavy (non-hydrogen) atoms. The largest absolute Gasteiger partial charge is 0.492 e. The molecule has 1 rings (SSSR count). The number of rotatable bonds is 8. The highest BCUT2D eigenvalue weighted by Gasteiger charge is 2.15. The Morgan fingerprint density at radius 2 is 2.05 bits per heavy atom. The molecule has 0 amide bonds. The van der Waals surface area contributed by atoms with Gasteiger partial charge in [0.15, 0.2) is 5.78 Å². The topological polar surface area (TPSA) is 64.3 Å². The lowest BCUT2D eigenvalue weighted by molar-refractivity contribution is 0.0950. The zero-order chi connectivity index (χ0) is 15.1. The number of nitrogens with two attached hydrogens (primary N) is 1. The fourth-order valence-corrected chi connectivity index (χ4v) is 1.92. The van der Waals surface area contributed by atoms with Gasteiger partial charge in [0.05, 0.1) is 18.3 Å². The summed E-state index contributed by atoms with van der Waals surface area (Å²) in [5, 5.41) is 3.25. The van der Waals surface area contributed by atoms with Crippen molar-refractivity contribution in [3.63, 3.8) is 0 Å². The maximum atomic E-state index is 12.3. The average Bonchev–Trinajstić information content (AvgIpc) is 2.40. The van der Waals surface area contributed by atoms with E-state index in [-0.39, 0.29) is 11.8 Å². The van der Waals surface area contributed by atoms with E-state index in [1.807, 2.05) is 13.8 Å². The van der Waals surface area contributed by atoms with Crippen molar-refractivity contribution in [2.24, 2.45) is 5.92 Å². The van der Waals surface area contributed by atoms with Crippen molar-refractivity contribution in [2.75, 3.05) is 18.9 Å². The van der Waals surface area contributed by atoms with Gasteiger partial charge in [-0.1, -0.05) is 13.8 Å². The van der Waals surface area contributed by atoms with Crippen LogP contribution in [0.5, 0.6) is 5.75 Å². The average molecular weight is 278 g/mol. The van der Waals surface area contributed by atoms with Crippen molar-refractivity contribution < 1.29 is 9.53 Å². The van der Waals surface area contributed by atoms with Gasteiger partial charge >= 0.3 is 0 Å². The second-order valence-electron chi connectivity index (χ2n) is 5.41. The van der Waals surface area contributed by atoms with E-state index < -0.39 is 0 Å². The van der Waals surface area contributed by atoms with Gasteiger partial charge in [-0.25, -0.2) is 0 Å². The van der Waals surface area contributed by atoms with Crippen LogP contribution in [0.4, 0.5) is 5.69 Å². The van der Waals surface area contributed by atoms with E-state index in [1.165, 1.54) is 0 Å². The van der Waals surface area contributed by atoms with Crippen LogP contribution in [0.25, 0.3) is 0 Å². The summed E-state index contributed by atoms with van der Waals surface area (Å²) < 4.78 is 5.37. The van der Waals surface area contributed by atoms with Gasteiger partial charge in [-0.15, -0.1) is 0 Å². The molecule has 0 heterocycles. The van der Waals surface area contributed by atoms with Crippen LogP contribution in [-0.2, 0) is 0 Å². The monoisotopic (exact) mass is 278 g/mol. The van der Waals surface area contributed by atoms with Gasteiger partial charge in [-0.05, 0) is 50.9 Å². The molecule has 4 nitrogen and oxygen atoms in total. The van der Waals surface area contributed by atoms with Crippen LogP contribution in [0, 0.1) is 5.92 Å². The maximum absolute atomic E-state index is 12.3. The first-order valence-electron chi connectivity index (χ1n) is 7.25. The standard InChI is InChI=1S/C16H26N2O2/c1-5-20-15-7-6-13(10-14(15)17)16(19)12(4)18-9-8-11(2)3/h6-7,10-12,18H,5,8-9,17H2,1-4H3. The SMILES string of the molecule is CCOc1ccc(C(=O)C(C)NCCC(C)C)cc1N. The van der Waals surface area contributed by atoms with Gasteiger partial charge in [0.1, 0.15) is 5.75 Å². The molecule has 0 aromatic heterocycles. The lowest BCUT2D eigenvalue weighted by Gasteiger charge is -2.15. The molecule has 0 aliphatic carbocycles. The quantitative estimate of drug-likeness (QED) is 0.567. The number of nitrogen functional groups attached to an aromatic ring is 1. The summed E-state index contributed by atoms with van der Waals surface area (Å²) in [4.78, 5) is 12.3. The van der Waals surface area contributed by atoms with Crippen molar-refractivity contribution in [1.82, 2.24) is 5.32 Å². The summed E-state index contributed by atoms with van der Waals surface area (Å²) in [6.45, 7) is 9.53. The highest BCUT2D eigenvalue weighted by Crippen LogP contribution is 2.23. The Morgan fingerprint density at radius 1 is 1.35 bits per heavy atom. The van der Waals surface area contributed by atoms with Gasteiger partial charge in [0, 0.05) is 5.56 Å². The normalized spacial score (nSPS) is 12.4. The molecule has 1 atom stereocenters. The molecule has 4 heteroatoms. The molecule has 3 N–H and O–H groups in total. The van der Waals surface area contributed by atoms with Crippen LogP contribution in [0.1, 0.15) is 44.5 Å². The fraction of sp³-hybridized carbons (Fsp3) is 0.562. The van der Waals surface area contributed by atoms with Crippen molar-refractivity contribution >= 4 is 11.5 Å². The summed E-state index contributed by atoms with van der Waals surface area (Å²) >= 11 is 0. The summed E-state index contributed by atoms with van der Waals surface area (Å²) in [6.07, 6.45) is 1.06. The Morgan fingerprint density at radius 3 is 2.60 bits per heavy atom. The summed E-state index contributed by atoms with van der Waals surface area (Å²) in [5.74, 6) is 1.32. The Hall–Kier alpha value is -1.55. The van der Waals surface area contributed by atoms with E-state index in [9.17, 15) is 4.79 Å². The van der Waals surface area contributed by atoms with Gasteiger partial charge < -0.3 is 15.8 Å². The van der Waals surface area contributed by atoms with Crippen molar-refractivity contribution in [3.8, 4) is 5.75 Å². The molecule has 0 aliphatic rings. The molecule has 1 unspecified atom stereocenters. The van der Waals surface area contributed by atoms with Crippen LogP contribution in [0.2, 0.25) is 0 Å². The minimum absolute atomic E-state index is 0.0588. The smallest absolute Gasteiger partial charge is 0.179 e. The second kappa shape index (κ2) is 7.90. The molecule has 0 saturated heterocycles. The van der Waals surface area contributed by atoms with E-state index in [0.29, 0.717) is 29.5 Å². The zero-order valence-corrected chi connectivity index (χ0v) is 12.9. The highest BCUT2D eigenvalue weighted by atomic mass is 16.5. The van der Waals surface area contributed by atoms with Gasteiger partial charge in [0.25, 0.3) is 0 Å². The van der Waals surface area contributed by atoms with E-state index >= 15 is 0 Å². The number of carbonyl (C=O) groups is 1. The molecule has 0 radical (unpaired) electrons. The number of ether oxygens (including phenoxy) is 1. The predicted molar refractivity (Wildman–Crippen MR) is 83.3 cm³/mol. The summed E-state index contributed by atoms with van der Waals surface area (Å²) in [5.41, 5.74) is 7.01. The first-order valence-corrected chi connectivity index (χ1v) is 7.25. The Bertz CT molecular complexity index is 444. The number of anilines is 1. The first kappa shape index (κ1) is 16.5. The van der Waals surface area contributed by atoms with Crippen LogP contribution in [0.15, 0.2) is 18.2 Å². The maximum Gasteiger partial charge on any atom is 0.179 e. The van der Waals surface area contributed by atoms with E-state index in [4.69, 9.17) is 10.5 Å². The van der Waals surface area contributed by atoms with Gasteiger partial charge in [-0.3, -0.25) is 4.79 Å². The van der Waals surface area contributed by atoms with Crippen LogP contribution >= 0.6 is 0 Å². The molecule has 0 fully saturated rings. The molecular formula is C16H26N2O2. The number of ketones is 1. The van der Waals surface area contributed by atoms with Crippen molar-refractivity contribution in [3.05, 3.63) is 23.8 Å². The Balaban J connectivity index is 2.64. The third-order valence-corrected chi connectivity index (χ3v) is 3.16. The van der Waals surface area contributed by atoms with Crippen LogP contribution in [0.3, 0.4) is 0 Å². The number of nitrogens with one attached hydrogen (secondary N) is 1. The zero-order valence-electron chi connectivity index (χ0n) is 12.9. The van der Waals surface area contributed by atoms with Crippen molar-refractivity contribution in [1.29, 1.82) is 0 Å². The van der Waals surface area contributed by atoms with E-state index in [0.717, 1.165) is 13.0 Å². The van der Waals surface area contributed by atoms with Crippen LogP contribution in [-0.4, -0.2) is 25.0 Å². The highest BCUT2D eigenvalue weighted by molar-refractivity contribution is 6.00. The Kier molecular flexibility index (Phi) is 6.52. The van der Waals surface area contributed by atoms with Gasteiger partial charge in [0.2, 0.25) is 0 Å². The molecule has 0 aliphatic heterocycles. The fourth-order valence-electron chi connectivity index (χ4n) is 1.92. The molecule has 112 valence electrons. The molecule has 1 aromatic carbocycles. The third-order valence-electron chi connectivity index (χ3n) is 3.16. The van der Waals surface area contributed by atoms with E-state index in [2.05, 4.69) is 19.2 Å². The minimum atomic E-state index is -0.203. The van der Waals surface area contributed by atoms with Crippen LogP contribution < -0.4 is 15.8 Å². The second-order valence-corrected chi connectivity index (χ2v) is 5.41. The third kappa shape index (κ3) is 4.85. The lowest BCUT2D eigenvalue weighted by atomic mass is 10.0. The summed E-state index contributed by atoms with van der Waals surface area (Å²) in [7, 11) is 0. The molecule has 1 aromatic rings. The number of carbonyl (C=O) groups excluding carboxylic acids is 1. The molecule has 0 spiro atoms. The Labute approximate surface area is 121 Å². The number of hydrogen-bond acceptors (Lipinski definition) is 4. The van der Waals surface area contributed by atoms with Gasteiger partial charge in [-0.2, -0.15) is 0 Å². The molecule has 0 bridgehead atoms. The number of Topliss-reactive ketones (excluding diaryl/α,β-unsaturated/α-hetero) is 1. The number of benzene rings is 1. The lowest BCUT2D eigenvalue weighted by Crippen LogP contribution is -2.35. The first-order chi connectivity index (χ1) is 9.45. The molecule has 0 saturated carbocycles. The van der Waals surface area contributed by atoms with E-state index in [1.54, 1.807) is 18.2 Å². The molecular weight excluding hydrogens is 252 g/mol. The predicted octanol–water partition coefficient (Wildman–Crippen LogP) is 2.87. The minimum Gasteiger partial charge on any atom is -0.492 e. The van der Waals surface area contributed by atoms with Crippen molar-refractivity contribution in [2.45, 2.75) is 40.2 Å². The summed E-state index contributed by atoms with van der Waals surface area (Å²) in [6, 6.07) is 5.01. The number of hydrogen-bond donors (Lipinski definition) is 2.